The summed E-state index contributed by atoms with van der Waals surface area (Å²) in [4.78, 5) is 14.4. The molecule has 2 aromatic rings. The Bertz CT molecular complexity index is 810. The van der Waals surface area contributed by atoms with Gasteiger partial charge in [0.2, 0.25) is 0 Å². The van der Waals surface area contributed by atoms with Crippen LogP contribution in [0.25, 0.3) is 0 Å². The Morgan fingerprint density at radius 2 is 1.69 bits per heavy atom. The lowest BCUT2D eigenvalue weighted by molar-refractivity contribution is 0.162. The van der Waals surface area contributed by atoms with Crippen molar-refractivity contribution in [2.75, 3.05) is 19.0 Å². The van der Waals surface area contributed by atoms with Crippen molar-refractivity contribution in [3.05, 3.63) is 52.5 Å². The van der Waals surface area contributed by atoms with E-state index in [1.807, 2.05) is 6.07 Å². The zero-order valence-electron chi connectivity index (χ0n) is 13.8. The van der Waals surface area contributed by atoms with Gasteiger partial charge in [0, 0.05) is 24.1 Å². The van der Waals surface area contributed by atoms with Gasteiger partial charge in [-0.15, -0.1) is 0 Å². The Morgan fingerprint density at radius 3 is 2.38 bits per heavy atom. The van der Waals surface area contributed by atoms with E-state index in [1.165, 1.54) is 12.1 Å². The maximum atomic E-state index is 12.3. The first-order valence-corrected chi connectivity index (χ1v) is 10.1. The summed E-state index contributed by atoms with van der Waals surface area (Å²) < 4.78 is 23.2. The van der Waals surface area contributed by atoms with Gasteiger partial charge in [0.15, 0.2) is 11.7 Å². The molecule has 8 heteroatoms. The zero-order chi connectivity index (χ0) is 18.5. The standard InChI is InChI=1S/C18H17Cl2NO4S/c19-14-10-15(20)17(25-18(22)21-8-4-5-9-21)11-16(14)24-12-26(23)13-6-2-1-3-7-13/h1-3,6-7,10-11H,4-5,8-9,12H2. The molecule has 1 unspecified atom stereocenters. The first kappa shape index (κ1) is 19.0. The predicted molar refractivity (Wildman–Crippen MR) is 102 cm³/mol. The van der Waals surface area contributed by atoms with Crippen LogP contribution in [0.1, 0.15) is 12.8 Å². The van der Waals surface area contributed by atoms with Gasteiger partial charge in [-0.1, -0.05) is 41.4 Å². The van der Waals surface area contributed by atoms with Crippen molar-refractivity contribution in [3.63, 3.8) is 0 Å². The Hall–Kier alpha value is -1.76. The molecule has 1 saturated heterocycles. The maximum Gasteiger partial charge on any atom is 0.415 e. The van der Waals surface area contributed by atoms with Crippen molar-refractivity contribution < 1.29 is 18.5 Å². The Labute approximate surface area is 164 Å². The summed E-state index contributed by atoms with van der Waals surface area (Å²) in [5, 5.41) is 0.458. The van der Waals surface area contributed by atoms with Crippen molar-refractivity contribution in [1.82, 2.24) is 4.90 Å². The van der Waals surface area contributed by atoms with Crippen LogP contribution in [0.15, 0.2) is 47.4 Å². The molecule has 26 heavy (non-hydrogen) atoms. The van der Waals surface area contributed by atoms with E-state index >= 15 is 0 Å². The molecule has 0 aliphatic carbocycles. The monoisotopic (exact) mass is 413 g/mol. The van der Waals surface area contributed by atoms with Crippen LogP contribution in [0.5, 0.6) is 11.5 Å². The van der Waals surface area contributed by atoms with E-state index in [2.05, 4.69) is 0 Å². The van der Waals surface area contributed by atoms with Gasteiger partial charge < -0.3 is 14.4 Å². The van der Waals surface area contributed by atoms with Crippen LogP contribution < -0.4 is 9.47 Å². The molecule has 1 heterocycles. The molecule has 0 aromatic heterocycles. The van der Waals surface area contributed by atoms with Crippen LogP contribution in [0.2, 0.25) is 10.0 Å². The molecule has 138 valence electrons. The topological polar surface area (TPSA) is 55.8 Å². The normalized spacial score (nSPS) is 14.9. The van der Waals surface area contributed by atoms with Crippen LogP contribution >= 0.6 is 23.2 Å². The number of carbonyl (C=O) groups excluding carboxylic acids is 1. The summed E-state index contributed by atoms with van der Waals surface area (Å²) in [7, 11) is -1.35. The molecule has 1 aliphatic rings. The number of carbonyl (C=O) groups is 1. The second kappa shape index (κ2) is 8.75. The first-order chi connectivity index (χ1) is 12.5. The van der Waals surface area contributed by atoms with Crippen molar-refractivity contribution in [2.45, 2.75) is 17.7 Å². The number of halogens is 2. The minimum absolute atomic E-state index is 0.0785. The molecule has 1 atom stereocenters. The van der Waals surface area contributed by atoms with Gasteiger partial charge in [-0.25, -0.2) is 4.79 Å². The number of benzene rings is 2. The van der Waals surface area contributed by atoms with E-state index in [9.17, 15) is 9.00 Å². The molecule has 5 nitrogen and oxygen atoms in total. The third-order valence-corrected chi connectivity index (χ3v) is 5.60. The number of rotatable bonds is 5. The quantitative estimate of drug-likeness (QED) is 0.710. The van der Waals surface area contributed by atoms with E-state index in [4.69, 9.17) is 32.7 Å². The number of nitrogens with zero attached hydrogens (tertiary/aromatic N) is 1. The third-order valence-electron chi connectivity index (χ3n) is 3.88. The lowest BCUT2D eigenvalue weighted by Gasteiger charge is -2.16. The molecule has 0 N–H and O–H groups in total. The summed E-state index contributed by atoms with van der Waals surface area (Å²) in [6.45, 7) is 1.34. The Kier molecular flexibility index (Phi) is 6.40. The predicted octanol–water partition coefficient (Wildman–Crippen LogP) is 4.73. The summed E-state index contributed by atoms with van der Waals surface area (Å²) in [6.07, 6.45) is 1.47. The summed E-state index contributed by atoms with van der Waals surface area (Å²) in [5.74, 6) is 0.336. The van der Waals surface area contributed by atoms with Gasteiger partial charge in [-0.05, 0) is 31.0 Å². The molecule has 0 spiro atoms. The fourth-order valence-corrected chi connectivity index (χ4v) is 3.82. The van der Waals surface area contributed by atoms with Crippen LogP contribution in [-0.4, -0.2) is 34.2 Å². The van der Waals surface area contributed by atoms with Crippen molar-refractivity contribution in [1.29, 1.82) is 0 Å². The maximum absolute atomic E-state index is 12.3. The number of likely N-dealkylation sites (tertiary alicyclic amines) is 1. The highest BCUT2D eigenvalue weighted by Gasteiger charge is 2.21. The minimum atomic E-state index is -1.35. The van der Waals surface area contributed by atoms with Crippen LogP contribution in [0, 0.1) is 0 Å². The van der Waals surface area contributed by atoms with E-state index in [1.54, 1.807) is 29.2 Å². The summed E-state index contributed by atoms with van der Waals surface area (Å²) >= 11 is 12.3. The molecule has 1 aliphatic heterocycles. The molecule has 0 saturated carbocycles. The van der Waals surface area contributed by atoms with E-state index in [0.717, 1.165) is 12.8 Å². The molecular formula is C18H17Cl2NO4S. The molecule has 0 bridgehead atoms. The smallest absolute Gasteiger partial charge is 0.415 e. The fourth-order valence-electron chi connectivity index (χ4n) is 2.51. The van der Waals surface area contributed by atoms with E-state index in [-0.39, 0.29) is 27.5 Å². The van der Waals surface area contributed by atoms with Gasteiger partial charge in [-0.2, -0.15) is 0 Å². The number of hydrogen-bond acceptors (Lipinski definition) is 4. The third kappa shape index (κ3) is 4.69. The van der Waals surface area contributed by atoms with Crippen molar-refractivity contribution in [2.24, 2.45) is 0 Å². The summed E-state index contributed by atoms with van der Waals surface area (Å²) in [6, 6.07) is 11.9. The fraction of sp³-hybridized carbons (Fsp3) is 0.278. The molecule has 1 fully saturated rings. The molecule has 2 aromatic carbocycles. The highest BCUT2D eigenvalue weighted by molar-refractivity contribution is 7.84. The number of ether oxygens (including phenoxy) is 2. The van der Waals surface area contributed by atoms with Gasteiger partial charge in [0.25, 0.3) is 0 Å². The Balaban J connectivity index is 1.69. The summed E-state index contributed by atoms with van der Waals surface area (Å²) in [5.41, 5.74) is 0. The minimum Gasteiger partial charge on any atom is -0.478 e. The van der Waals surface area contributed by atoms with Crippen molar-refractivity contribution >= 4 is 40.1 Å². The highest BCUT2D eigenvalue weighted by atomic mass is 35.5. The van der Waals surface area contributed by atoms with Crippen LogP contribution in [-0.2, 0) is 10.8 Å². The van der Waals surface area contributed by atoms with Crippen LogP contribution in [0.3, 0.4) is 0 Å². The highest BCUT2D eigenvalue weighted by Crippen LogP contribution is 2.36. The second-order valence-corrected chi connectivity index (χ2v) is 7.91. The van der Waals surface area contributed by atoms with Crippen molar-refractivity contribution in [3.8, 4) is 11.5 Å². The average Bonchev–Trinajstić information content (AvgIpc) is 3.18. The average molecular weight is 414 g/mol. The van der Waals surface area contributed by atoms with E-state index < -0.39 is 16.9 Å². The first-order valence-electron chi connectivity index (χ1n) is 8.06. The van der Waals surface area contributed by atoms with Gasteiger partial charge in [0.05, 0.1) is 20.8 Å². The van der Waals surface area contributed by atoms with Gasteiger partial charge in [-0.3, -0.25) is 4.21 Å². The SMILES string of the molecule is O=C(Oc1cc(OCS(=O)c2ccccc2)c(Cl)cc1Cl)N1CCCC1. The molecule has 3 rings (SSSR count). The Morgan fingerprint density at radius 1 is 1.04 bits per heavy atom. The molecular weight excluding hydrogens is 397 g/mol. The lowest BCUT2D eigenvalue weighted by Crippen LogP contribution is -2.30. The number of amides is 1. The number of hydrogen-bond donors (Lipinski definition) is 0. The zero-order valence-corrected chi connectivity index (χ0v) is 16.1. The second-order valence-electron chi connectivity index (χ2n) is 5.70. The van der Waals surface area contributed by atoms with E-state index in [0.29, 0.717) is 18.0 Å². The largest absolute Gasteiger partial charge is 0.478 e. The van der Waals surface area contributed by atoms with Gasteiger partial charge in [0.1, 0.15) is 5.75 Å². The van der Waals surface area contributed by atoms with Crippen LogP contribution in [0.4, 0.5) is 4.79 Å². The lowest BCUT2D eigenvalue weighted by atomic mass is 10.3. The molecule has 1 amide bonds. The molecule has 0 radical (unpaired) electrons. The van der Waals surface area contributed by atoms with Gasteiger partial charge >= 0.3 is 6.09 Å².